The Kier molecular flexibility index (Phi) is 6.28. The van der Waals surface area contributed by atoms with Gasteiger partial charge in [0.1, 0.15) is 0 Å². The molecule has 0 aromatic heterocycles. The summed E-state index contributed by atoms with van der Waals surface area (Å²) in [6, 6.07) is 15.8. The van der Waals surface area contributed by atoms with Crippen molar-refractivity contribution < 1.29 is 4.79 Å². The van der Waals surface area contributed by atoms with E-state index in [0.29, 0.717) is 12.1 Å². The van der Waals surface area contributed by atoms with Gasteiger partial charge in [-0.1, -0.05) is 56.3 Å². The lowest BCUT2D eigenvalue weighted by Crippen LogP contribution is -2.41. The number of hydrogen-bond donors (Lipinski definition) is 2. The number of carbonyl (C=O) groups is 1. The number of amides is 1. The smallest absolute Gasteiger partial charge is 0.237 e. The Balaban J connectivity index is 1.80. The van der Waals surface area contributed by atoms with Crippen molar-refractivity contribution in [3.05, 3.63) is 48.0 Å². The molecule has 2 N–H and O–H groups in total. The second-order valence-electron chi connectivity index (χ2n) is 7.31. The summed E-state index contributed by atoms with van der Waals surface area (Å²) in [6.45, 7) is 6.17. The maximum Gasteiger partial charge on any atom is 0.237 e. The molecule has 4 nitrogen and oxygen atoms in total. The fourth-order valence-corrected chi connectivity index (χ4v) is 4.15. The maximum atomic E-state index is 12.5. The molecule has 0 spiro atoms. The molecule has 1 saturated heterocycles. The zero-order valence-corrected chi connectivity index (χ0v) is 16.2. The highest BCUT2D eigenvalue weighted by atomic mass is 16.2. The van der Waals surface area contributed by atoms with Crippen LogP contribution in [0.25, 0.3) is 10.8 Å². The van der Waals surface area contributed by atoms with E-state index in [9.17, 15) is 4.79 Å². The molecule has 1 heterocycles. The van der Waals surface area contributed by atoms with Gasteiger partial charge >= 0.3 is 0 Å². The van der Waals surface area contributed by atoms with Crippen LogP contribution in [0.5, 0.6) is 0 Å². The molecule has 2 aromatic carbocycles. The zero-order valence-electron chi connectivity index (χ0n) is 16.2. The summed E-state index contributed by atoms with van der Waals surface area (Å²) in [7, 11) is 1.74. The summed E-state index contributed by atoms with van der Waals surface area (Å²) in [5.74, 6) is 0.124. The molecule has 26 heavy (non-hydrogen) atoms. The van der Waals surface area contributed by atoms with Gasteiger partial charge in [0.15, 0.2) is 0 Å². The number of rotatable bonds is 7. The zero-order chi connectivity index (χ0) is 18.5. The van der Waals surface area contributed by atoms with E-state index < -0.39 is 0 Å². The second kappa shape index (κ2) is 8.65. The first-order chi connectivity index (χ1) is 12.7. The average molecular weight is 354 g/mol. The van der Waals surface area contributed by atoms with Crippen LogP contribution in [0.1, 0.15) is 38.7 Å². The van der Waals surface area contributed by atoms with Crippen LogP contribution in [0.3, 0.4) is 0 Å². The van der Waals surface area contributed by atoms with Gasteiger partial charge in [-0.2, -0.15) is 0 Å². The molecule has 1 fully saturated rings. The minimum Gasteiger partial charge on any atom is -0.358 e. The third-order valence-electron chi connectivity index (χ3n) is 5.66. The summed E-state index contributed by atoms with van der Waals surface area (Å²) in [5, 5.41) is 9.15. The van der Waals surface area contributed by atoms with Crippen LogP contribution < -0.4 is 10.6 Å². The number of nitrogens with zero attached hydrogens (tertiary/aromatic N) is 1. The number of nitrogens with one attached hydrogen (secondary N) is 2. The van der Waals surface area contributed by atoms with Gasteiger partial charge in [0.2, 0.25) is 5.91 Å². The molecule has 0 radical (unpaired) electrons. The van der Waals surface area contributed by atoms with E-state index in [-0.39, 0.29) is 11.9 Å². The van der Waals surface area contributed by atoms with Crippen LogP contribution in [0, 0.1) is 0 Å². The Hall–Kier alpha value is -1.91. The lowest BCUT2D eigenvalue weighted by molar-refractivity contribution is -0.125. The van der Waals surface area contributed by atoms with Gasteiger partial charge in [-0.15, -0.1) is 0 Å². The highest BCUT2D eigenvalue weighted by molar-refractivity contribution is 5.86. The Bertz CT molecular complexity index is 736. The number of likely N-dealkylation sites (tertiary alicyclic amines) is 1. The topological polar surface area (TPSA) is 44.4 Å². The molecule has 140 valence electrons. The molecule has 0 aliphatic carbocycles. The van der Waals surface area contributed by atoms with E-state index in [2.05, 4.69) is 71.8 Å². The van der Waals surface area contributed by atoms with Crippen LogP contribution in [0.15, 0.2) is 42.5 Å². The van der Waals surface area contributed by atoms with E-state index >= 15 is 0 Å². The monoisotopic (exact) mass is 353 g/mol. The SMILES string of the molecule is CCC(CC)N[C@@H]1C[C@@H](C(=O)NC)N(Cc2cccc3ccccc23)C1. The summed E-state index contributed by atoms with van der Waals surface area (Å²) in [5.41, 5.74) is 1.29. The van der Waals surface area contributed by atoms with E-state index in [1.807, 2.05) is 0 Å². The van der Waals surface area contributed by atoms with E-state index in [0.717, 1.165) is 32.4 Å². The Morgan fingerprint density at radius 2 is 1.88 bits per heavy atom. The highest BCUT2D eigenvalue weighted by Gasteiger charge is 2.36. The van der Waals surface area contributed by atoms with Crippen LogP contribution in [-0.2, 0) is 11.3 Å². The molecule has 0 unspecified atom stereocenters. The molecule has 3 rings (SSSR count). The van der Waals surface area contributed by atoms with Gasteiger partial charge in [-0.3, -0.25) is 9.69 Å². The minimum atomic E-state index is -0.0640. The number of likely N-dealkylation sites (N-methyl/N-ethyl adjacent to an activating group) is 1. The van der Waals surface area contributed by atoms with Crippen molar-refractivity contribution in [2.75, 3.05) is 13.6 Å². The lowest BCUT2D eigenvalue weighted by atomic mass is 10.0. The predicted molar refractivity (Wildman–Crippen MR) is 108 cm³/mol. The number of hydrogen-bond acceptors (Lipinski definition) is 3. The number of benzene rings is 2. The Labute approximate surface area is 157 Å². The highest BCUT2D eigenvalue weighted by Crippen LogP contribution is 2.25. The molecule has 4 heteroatoms. The van der Waals surface area contributed by atoms with Crippen molar-refractivity contribution in [3.63, 3.8) is 0 Å². The maximum absolute atomic E-state index is 12.5. The van der Waals surface area contributed by atoms with Gasteiger partial charge in [0.05, 0.1) is 6.04 Å². The van der Waals surface area contributed by atoms with Crippen LogP contribution in [-0.4, -0.2) is 42.5 Å². The fourth-order valence-electron chi connectivity index (χ4n) is 4.15. The molecule has 1 aliphatic rings. The second-order valence-corrected chi connectivity index (χ2v) is 7.31. The minimum absolute atomic E-state index is 0.0640. The van der Waals surface area contributed by atoms with Gasteiger partial charge in [-0.05, 0) is 35.6 Å². The van der Waals surface area contributed by atoms with E-state index in [4.69, 9.17) is 0 Å². The van der Waals surface area contributed by atoms with Crippen molar-refractivity contribution in [1.82, 2.24) is 15.5 Å². The molecular formula is C22H31N3O. The first-order valence-corrected chi connectivity index (χ1v) is 9.84. The van der Waals surface area contributed by atoms with Crippen molar-refractivity contribution >= 4 is 16.7 Å². The van der Waals surface area contributed by atoms with Crippen LogP contribution in [0.2, 0.25) is 0 Å². The van der Waals surface area contributed by atoms with Crippen molar-refractivity contribution in [1.29, 1.82) is 0 Å². The Morgan fingerprint density at radius 3 is 2.62 bits per heavy atom. The van der Waals surface area contributed by atoms with E-state index in [1.54, 1.807) is 7.05 Å². The first kappa shape index (κ1) is 18.9. The van der Waals surface area contributed by atoms with Gasteiger partial charge in [0.25, 0.3) is 0 Å². The quantitative estimate of drug-likeness (QED) is 0.803. The predicted octanol–water partition coefficient (Wildman–Crippen LogP) is 3.31. The molecule has 2 aromatic rings. The van der Waals surface area contributed by atoms with Crippen molar-refractivity contribution in [2.24, 2.45) is 0 Å². The first-order valence-electron chi connectivity index (χ1n) is 9.84. The van der Waals surface area contributed by atoms with Crippen LogP contribution in [0.4, 0.5) is 0 Å². The molecule has 0 saturated carbocycles. The average Bonchev–Trinajstić information content (AvgIpc) is 3.08. The summed E-state index contributed by atoms with van der Waals surface area (Å²) in [4.78, 5) is 14.8. The molecule has 1 aliphatic heterocycles. The normalized spacial score (nSPS) is 20.8. The third kappa shape index (κ3) is 4.08. The van der Waals surface area contributed by atoms with Crippen molar-refractivity contribution in [2.45, 2.75) is 57.8 Å². The molecule has 2 atom stereocenters. The van der Waals surface area contributed by atoms with Crippen LogP contribution >= 0.6 is 0 Å². The van der Waals surface area contributed by atoms with E-state index in [1.165, 1.54) is 16.3 Å². The van der Waals surface area contributed by atoms with Gasteiger partial charge in [-0.25, -0.2) is 0 Å². The summed E-state index contributed by atoms with van der Waals surface area (Å²) in [6.07, 6.45) is 3.13. The standard InChI is InChI=1S/C22H31N3O/c1-4-18(5-2)24-19-13-21(22(26)23-3)25(15-19)14-17-11-8-10-16-9-6-7-12-20(16)17/h6-12,18-19,21,24H,4-5,13-15H2,1-3H3,(H,23,26)/t19-,21+/m1/s1. The number of carbonyl (C=O) groups excluding carboxylic acids is 1. The van der Waals surface area contributed by atoms with Gasteiger partial charge < -0.3 is 10.6 Å². The summed E-state index contributed by atoms with van der Waals surface area (Å²) < 4.78 is 0. The fraction of sp³-hybridized carbons (Fsp3) is 0.500. The molecule has 0 bridgehead atoms. The largest absolute Gasteiger partial charge is 0.358 e. The van der Waals surface area contributed by atoms with Gasteiger partial charge in [0, 0.05) is 32.2 Å². The lowest BCUT2D eigenvalue weighted by Gasteiger charge is -2.24. The third-order valence-corrected chi connectivity index (χ3v) is 5.66. The summed E-state index contributed by atoms with van der Waals surface area (Å²) >= 11 is 0. The Morgan fingerprint density at radius 1 is 1.15 bits per heavy atom. The number of fused-ring (bicyclic) bond motifs is 1. The molecular weight excluding hydrogens is 322 g/mol. The molecule has 1 amide bonds. The van der Waals surface area contributed by atoms with Crippen molar-refractivity contribution in [3.8, 4) is 0 Å².